The summed E-state index contributed by atoms with van der Waals surface area (Å²) < 4.78 is 1.96. The lowest BCUT2D eigenvalue weighted by Crippen LogP contribution is -2.01. The first kappa shape index (κ1) is 8.35. The molecule has 15 heavy (non-hydrogen) atoms. The van der Waals surface area contributed by atoms with Crippen LogP contribution in [0.3, 0.4) is 0 Å². The highest BCUT2D eigenvalue weighted by Gasteiger charge is 2.17. The molecule has 3 rings (SSSR count). The van der Waals surface area contributed by atoms with Crippen LogP contribution in [-0.2, 0) is 6.54 Å². The van der Waals surface area contributed by atoms with Crippen molar-refractivity contribution in [1.29, 1.82) is 0 Å². The van der Waals surface area contributed by atoms with E-state index in [0.717, 1.165) is 18.5 Å². The molecule has 1 aliphatic rings. The topological polar surface area (TPSA) is 57.8 Å². The molecule has 0 aliphatic carbocycles. The van der Waals surface area contributed by atoms with E-state index < -0.39 is 0 Å². The fraction of sp³-hybridized carbons (Fsp3) is 0.182. The van der Waals surface area contributed by atoms with Gasteiger partial charge in [-0.1, -0.05) is 0 Å². The van der Waals surface area contributed by atoms with Crippen molar-refractivity contribution in [2.24, 2.45) is 4.99 Å². The van der Waals surface area contributed by atoms with E-state index in [-0.39, 0.29) is 11.5 Å². The van der Waals surface area contributed by atoms with Crippen LogP contribution in [0, 0.1) is 0 Å². The van der Waals surface area contributed by atoms with Gasteiger partial charge in [0.15, 0.2) is 11.6 Å². The predicted molar refractivity (Wildman–Crippen MR) is 58.0 cm³/mol. The Labute approximate surface area is 86.1 Å². The van der Waals surface area contributed by atoms with Crippen LogP contribution < -0.4 is 0 Å². The fourth-order valence-electron chi connectivity index (χ4n) is 2.01. The van der Waals surface area contributed by atoms with Crippen LogP contribution in [0.1, 0.15) is 6.42 Å². The van der Waals surface area contributed by atoms with Gasteiger partial charge in [-0.15, -0.1) is 0 Å². The molecule has 0 bridgehead atoms. The van der Waals surface area contributed by atoms with E-state index in [0.29, 0.717) is 11.2 Å². The van der Waals surface area contributed by atoms with Gasteiger partial charge in [-0.2, -0.15) is 0 Å². The molecule has 0 fully saturated rings. The Balaban J connectivity index is 2.45. The number of aryl methyl sites for hydroxylation is 1. The number of aliphatic imine (C=N–C) groups is 1. The zero-order valence-electron chi connectivity index (χ0n) is 8.01. The molecule has 0 radical (unpaired) electrons. The Bertz CT molecular complexity index is 569. The molecule has 4 heteroatoms. The van der Waals surface area contributed by atoms with Crippen LogP contribution in [0.25, 0.3) is 10.9 Å². The normalized spacial score (nSPS) is 14.4. The maximum atomic E-state index is 9.91. The summed E-state index contributed by atoms with van der Waals surface area (Å²) >= 11 is 0. The van der Waals surface area contributed by atoms with E-state index in [1.807, 2.05) is 4.57 Å². The van der Waals surface area contributed by atoms with Gasteiger partial charge < -0.3 is 14.8 Å². The van der Waals surface area contributed by atoms with Crippen molar-refractivity contribution in [3.05, 3.63) is 18.2 Å². The molecule has 0 saturated heterocycles. The van der Waals surface area contributed by atoms with Crippen molar-refractivity contribution in [2.45, 2.75) is 13.0 Å². The van der Waals surface area contributed by atoms with Gasteiger partial charge in [-0.25, -0.2) is 4.99 Å². The number of benzene rings is 1. The molecule has 76 valence electrons. The first-order valence-electron chi connectivity index (χ1n) is 4.84. The molecule has 0 unspecified atom stereocenters. The zero-order valence-corrected chi connectivity index (χ0v) is 8.01. The minimum atomic E-state index is 0.150. The summed E-state index contributed by atoms with van der Waals surface area (Å²) in [6, 6.07) is 4.98. The van der Waals surface area contributed by atoms with Crippen molar-refractivity contribution in [3.63, 3.8) is 0 Å². The number of hydrogen-bond donors (Lipinski definition) is 2. The summed E-state index contributed by atoms with van der Waals surface area (Å²) in [5, 5.41) is 19.9. The molecule has 0 saturated carbocycles. The third kappa shape index (κ3) is 1.05. The maximum Gasteiger partial charge on any atom is 0.176 e. The van der Waals surface area contributed by atoms with E-state index in [1.165, 1.54) is 0 Å². The summed E-state index contributed by atoms with van der Waals surface area (Å²) in [4.78, 5) is 4.17. The SMILES string of the molecule is Oc1ccc2c(c1)c(O)c1n2CCC=N1. The number of phenolic OH excluding ortho intramolecular Hbond substituents is 1. The highest BCUT2D eigenvalue weighted by Crippen LogP contribution is 2.40. The van der Waals surface area contributed by atoms with E-state index in [1.54, 1.807) is 24.4 Å². The average molecular weight is 202 g/mol. The van der Waals surface area contributed by atoms with Crippen molar-refractivity contribution in [1.82, 2.24) is 4.57 Å². The number of rotatable bonds is 0. The molecule has 2 N–H and O–H groups in total. The molecular formula is C11H10N2O2. The van der Waals surface area contributed by atoms with Gasteiger partial charge in [0.2, 0.25) is 0 Å². The lowest BCUT2D eigenvalue weighted by atomic mass is 10.2. The average Bonchev–Trinajstić information content (AvgIpc) is 2.54. The molecule has 0 atom stereocenters. The Morgan fingerprint density at radius 3 is 3.00 bits per heavy atom. The Morgan fingerprint density at radius 1 is 1.27 bits per heavy atom. The van der Waals surface area contributed by atoms with Gasteiger partial charge in [0.25, 0.3) is 0 Å². The first-order chi connectivity index (χ1) is 7.27. The second-order valence-electron chi connectivity index (χ2n) is 3.63. The second-order valence-corrected chi connectivity index (χ2v) is 3.63. The molecular weight excluding hydrogens is 192 g/mol. The van der Waals surface area contributed by atoms with Gasteiger partial charge in [0.1, 0.15) is 5.75 Å². The lowest BCUT2D eigenvalue weighted by molar-refractivity contribution is 0.472. The van der Waals surface area contributed by atoms with E-state index >= 15 is 0 Å². The zero-order chi connectivity index (χ0) is 10.4. The Morgan fingerprint density at radius 2 is 2.13 bits per heavy atom. The third-order valence-electron chi connectivity index (χ3n) is 2.69. The van der Waals surface area contributed by atoms with E-state index in [9.17, 15) is 10.2 Å². The smallest absolute Gasteiger partial charge is 0.176 e. The summed E-state index contributed by atoms with van der Waals surface area (Å²) in [6.07, 6.45) is 2.67. The molecule has 4 nitrogen and oxygen atoms in total. The van der Waals surface area contributed by atoms with Gasteiger partial charge >= 0.3 is 0 Å². The minimum Gasteiger partial charge on any atom is -0.508 e. The fourth-order valence-corrected chi connectivity index (χ4v) is 2.01. The van der Waals surface area contributed by atoms with Crippen LogP contribution in [0.2, 0.25) is 0 Å². The minimum absolute atomic E-state index is 0.150. The van der Waals surface area contributed by atoms with Gasteiger partial charge in [0, 0.05) is 24.6 Å². The molecule has 2 aromatic rings. The highest BCUT2D eigenvalue weighted by molar-refractivity contribution is 5.94. The number of phenols is 1. The summed E-state index contributed by atoms with van der Waals surface area (Å²) in [5.41, 5.74) is 0.914. The molecule has 1 aromatic carbocycles. The molecule has 2 heterocycles. The summed E-state index contributed by atoms with van der Waals surface area (Å²) in [6.45, 7) is 0.820. The monoisotopic (exact) mass is 202 g/mol. The van der Waals surface area contributed by atoms with E-state index in [4.69, 9.17) is 0 Å². The van der Waals surface area contributed by atoms with Crippen molar-refractivity contribution in [2.75, 3.05) is 0 Å². The summed E-state index contributed by atoms with van der Waals surface area (Å²) in [5.74, 6) is 0.892. The number of nitrogens with zero attached hydrogens (tertiary/aromatic N) is 2. The summed E-state index contributed by atoms with van der Waals surface area (Å²) in [7, 11) is 0. The maximum absolute atomic E-state index is 9.91. The molecule has 0 amide bonds. The number of aromatic hydroxyl groups is 2. The quantitative estimate of drug-likeness (QED) is 0.687. The molecule has 1 aromatic heterocycles. The van der Waals surface area contributed by atoms with Crippen molar-refractivity contribution < 1.29 is 10.2 Å². The van der Waals surface area contributed by atoms with Crippen LogP contribution in [0.4, 0.5) is 5.82 Å². The first-order valence-corrected chi connectivity index (χ1v) is 4.84. The lowest BCUT2D eigenvalue weighted by Gasteiger charge is -2.09. The Hall–Kier alpha value is -1.97. The van der Waals surface area contributed by atoms with Gasteiger partial charge in [0.05, 0.1) is 5.52 Å². The van der Waals surface area contributed by atoms with E-state index in [2.05, 4.69) is 4.99 Å². The largest absolute Gasteiger partial charge is 0.508 e. The number of aromatic nitrogens is 1. The number of fused-ring (bicyclic) bond motifs is 3. The van der Waals surface area contributed by atoms with Crippen LogP contribution in [0.15, 0.2) is 23.2 Å². The van der Waals surface area contributed by atoms with Crippen molar-refractivity contribution in [3.8, 4) is 11.5 Å². The molecule has 0 spiro atoms. The number of hydrogen-bond acceptors (Lipinski definition) is 3. The van der Waals surface area contributed by atoms with Crippen molar-refractivity contribution >= 4 is 22.9 Å². The van der Waals surface area contributed by atoms with Crippen LogP contribution in [0.5, 0.6) is 11.5 Å². The predicted octanol–water partition coefficient (Wildman–Crippen LogP) is 2.16. The van der Waals surface area contributed by atoms with Gasteiger partial charge in [-0.3, -0.25) is 0 Å². The van der Waals surface area contributed by atoms with Crippen LogP contribution >= 0.6 is 0 Å². The highest BCUT2D eigenvalue weighted by atomic mass is 16.3. The standard InChI is InChI=1S/C11H10N2O2/c14-7-2-3-9-8(6-7)10(15)11-12-4-1-5-13(9)11/h2-4,6,14-15H,1,5H2. The Kier molecular flexibility index (Phi) is 1.54. The van der Waals surface area contributed by atoms with Crippen LogP contribution in [-0.4, -0.2) is 21.0 Å². The molecule has 1 aliphatic heterocycles. The van der Waals surface area contributed by atoms with Gasteiger partial charge in [-0.05, 0) is 18.2 Å². The third-order valence-corrected chi connectivity index (χ3v) is 2.69. The second kappa shape index (κ2) is 2.76.